The molecule has 0 aliphatic rings. The van der Waals surface area contributed by atoms with Gasteiger partial charge in [-0.1, -0.05) is 30.3 Å². The van der Waals surface area contributed by atoms with Gasteiger partial charge in [0.05, 0.1) is 11.9 Å². The molecule has 1 unspecified atom stereocenters. The number of aliphatic hydroxyl groups is 1. The van der Waals surface area contributed by atoms with E-state index >= 15 is 0 Å². The molecule has 0 fully saturated rings. The highest BCUT2D eigenvalue weighted by molar-refractivity contribution is 5.39. The number of benzene rings is 1. The summed E-state index contributed by atoms with van der Waals surface area (Å²) in [6, 6.07) is 13.2. The Morgan fingerprint density at radius 1 is 1.06 bits per heavy atom. The van der Waals surface area contributed by atoms with Crippen molar-refractivity contribution in [1.82, 2.24) is 14.6 Å². The van der Waals surface area contributed by atoms with Gasteiger partial charge in [-0.05, 0) is 17.7 Å². The Morgan fingerprint density at radius 2 is 1.88 bits per heavy atom. The fraction of sp³-hybridized carbons (Fsp3) is 0.0769. The predicted octanol–water partition coefficient (Wildman–Crippen LogP) is 1.81. The molecular weight excluding hydrogens is 214 g/mol. The van der Waals surface area contributed by atoms with Crippen LogP contribution in [-0.2, 0) is 0 Å². The average molecular weight is 225 g/mol. The van der Waals surface area contributed by atoms with Crippen LogP contribution in [0, 0.1) is 0 Å². The minimum Gasteiger partial charge on any atom is -0.382 e. The molecule has 1 N–H and O–H groups in total. The number of hydrogen-bond donors (Lipinski definition) is 1. The van der Waals surface area contributed by atoms with E-state index in [1.54, 1.807) is 16.9 Å². The number of aromatic nitrogens is 3. The second kappa shape index (κ2) is 3.99. The SMILES string of the molecule is OC(c1ccccc1)c1cnc2cccnn12. The lowest BCUT2D eigenvalue weighted by Crippen LogP contribution is -2.05. The Labute approximate surface area is 98.2 Å². The van der Waals surface area contributed by atoms with Crippen LogP contribution in [0.4, 0.5) is 0 Å². The van der Waals surface area contributed by atoms with E-state index in [0.717, 1.165) is 11.2 Å². The molecule has 2 aromatic heterocycles. The molecule has 3 aromatic rings. The molecule has 0 saturated heterocycles. The molecule has 1 atom stereocenters. The van der Waals surface area contributed by atoms with Crippen LogP contribution < -0.4 is 0 Å². The van der Waals surface area contributed by atoms with Gasteiger partial charge in [-0.15, -0.1) is 0 Å². The molecule has 0 spiro atoms. The van der Waals surface area contributed by atoms with E-state index in [1.165, 1.54) is 0 Å². The van der Waals surface area contributed by atoms with Crippen LogP contribution in [0.1, 0.15) is 17.4 Å². The van der Waals surface area contributed by atoms with Crippen LogP contribution in [0.5, 0.6) is 0 Å². The fourth-order valence-electron chi connectivity index (χ4n) is 1.84. The standard InChI is InChI=1S/C13H11N3O/c17-13(10-5-2-1-3-6-10)11-9-14-12-7-4-8-15-16(11)12/h1-9,13,17H. The first-order valence-corrected chi connectivity index (χ1v) is 5.38. The van der Waals surface area contributed by atoms with Gasteiger partial charge in [0.15, 0.2) is 5.65 Å². The maximum atomic E-state index is 10.3. The van der Waals surface area contributed by atoms with Crippen molar-refractivity contribution in [1.29, 1.82) is 0 Å². The van der Waals surface area contributed by atoms with Gasteiger partial charge in [0.2, 0.25) is 0 Å². The smallest absolute Gasteiger partial charge is 0.153 e. The Morgan fingerprint density at radius 3 is 2.71 bits per heavy atom. The highest BCUT2D eigenvalue weighted by Gasteiger charge is 2.15. The minimum absolute atomic E-state index is 0.673. The first-order chi connectivity index (χ1) is 8.36. The molecule has 1 aromatic carbocycles. The molecule has 0 aliphatic carbocycles. The van der Waals surface area contributed by atoms with Crippen molar-refractivity contribution in [3.8, 4) is 0 Å². The number of imidazole rings is 1. The zero-order valence-corrected chi connectivity index (χ0v) is 9.06. The molecule has 3 rings (SSSR count). The largest absolute Gasteiger partial charge is 0.382 e. The van der Waals surface area contributed by atoms with Crippen LogP contribution in [0.3, 0.4) is 0 Å². The molecule has 17 heavy (non-hydrogen) atoms. The van der Waals surface area contributed by atoms with E-state index in [-0.39, 0.29) is 0 Å². The fourth-order valence-corrected chi connectivity index (χ4v) is 1.84. The summed E-state index contributed by atoms with van der Waals surface area (Å²) in [7, 11) is 0. The molecular formula is C13H11N3O. The third kappa shape index (κ3) is 1.68. The summed E-state index contributed by atoms with van der Waals surface area (Å²) in [5.74, 6) is 0. The first-order valence-electron chi connectivity index (χ1n) is 5.38. The monoisotopic (exact) mass is 225 g/mol. The Bertz CT molecular complexity index is 633. The summed E-state index contributed by atoms with van der Waals surface area (Å²) in [5, 5.41) is 14.5. The normalized spacial score (nSPS) is 12.8. The molecule has 4 heteroatoms. The molecule has 0 aliphatic heterocycles. The number of fused-ring (bicyclic) bond motifs is 1. The third-order valence-corrected chi connectivity index (χ3v) is 2.70. The van der Waals surface area contributed by atoms with Gasteiger partial charge < -0.3 is 5.11 Å². The van der Waals surface area contributed by atoms with E-state index in [2.05, 4.69) is 10.1 Å². The van der Waals surface area contributed by atoms with Gasteiger partial charge in [0.25, 0.3) is 0 Å². The summed E-state index contributed by atoms with van der Waals surface area (Å²) < 4.78 is 1.65. The zero-order valence-electron chi connectivity index (χ0n) is 9.06. The number of hydrogen-bond acceptors (Lipinski definition) is 3. The van der Waals surface area contributed by atoms with E-state index in [4.69, 9.17) is 0 Å². The first kappa shape index (κ1) is 9.99. The van der Waals surface area contributed by atoms with Crippen molar-refractivity contribution < 1.29 is 5.11 Å². The Hall–Kier alpha value is -2.20. The van der Waals surface area contributed by atoms with E-state index in [9.17, 15) is 5.11 Å². The van der Waals surface area contributed by atoms with Crippen molar-refractivity contribution in [2.24, 2.45) is 0 Å². The predicted molar refractivity (Wildman–Crippen MR) is 63.5 cm³/mol. The van der Waals surface area contributed by atoms with Gasteiger partial charge >= 0.3 is 0 Å². The minimum atomic E-state index is -0.707. The van der Waals surface area contributed by atoms with Crippen LogP contribution >= 0.6 is 0 Å². The average Bonchev–Trinajstić information content (AvgIpc) is 2.83. The van der Waals surface area contributed by atoms with Crippen molar-refractivity contribution in [2.45, 2.75) is 6.10 Å². The van der Waals surface area contributed by atoms with Crippen molar-refractivity contribution in [3.63, 3.8) is 0 Å². The van der Waals surface area contributed by atoms with Crippen molar-refractivity contribution in [3.05, 3.63) is 66.1 Å². The van der Waals surface area contributed by atoms with Crippen LogP contribution in [0.15, 0.2) is 54.9 Å². The molecule has 0 radical (unpaired) electrons. The van der Waals surface area contributed by atoms with Gasteiger partial charge in [-0.25, -0.2) is 9.50 Å². The highest BCUT2D eigenvalue weighted by Crippen LogP contribution is 2.21. The van der Waals surface area contributed by atoms with Crippen LogP contribution in [0.25, 0.3) is 5.65 Å². The summed E-state index contributed by atoms with van der Waals surface area (Å²) in [5.41, 5.74) is 2.24. The molecule has 0 saturated carbocycles. The second-order valence-electron chi connectivity index (χ2n) is 3.79. The molecule has 0 bridgehead atoms. The summed E-state index contributed by atoms with van der Waals surface area (Å²) >= 11 is 0. The lowest BCUT2D eigenvalue weighted by molar-refractivity contribution is 0.213. The zero-order chi connectivity index (χ0) is 11.7. The second-order valence-corrected chi connectivity index (χ2v) is 3.79. The lowest BCUT2D eigenvalue weighted by Gasteiger charge is -2.09. The topological polar surface area (TPSA) is 50.4 Å². The van der Waals surface area contributed by atoms with E-state index < -0.39 is 6.10 Å². The summed E-state index contributed by atoms with van der Waals surface area (Å²) in [4.78, 5) is 4.21. The van der Waals surface area contributed by atoms with Gasteiger partial charge in [0.1, 0.15) is 6.10 Å². The third-order valence-electron chi connectivity index (χ3n) is 2.70. The quantitative estimate of drug-likeness (QED) is 0.723. The lowest BCUT2D eigenvalue weighted by atomic mass is 10.1. The molecule has 2 heterocycles. The van der Waals surface area contributed by atoms with Crippen LogP contribution in [0.2, 0.25) is 0 Å². The Balaban J connectivity index is 2.10. The maximum Gasteiger partial charge on any atom is 0.153 e. The molecule has 4 nitrogen and oxygen atoms in total. The number of nitrogens with zero attached hydrogens (tertiary/aromatic N) is 3. The van der Waals surface area contributed by atoms with Crippen molar-refractivity contribution in [2.75, 3.05) is 0 Å². The number of aliphatic hydroxyl groups excluding tert-OH is 1. The Kier molecular flexibility index (Phi) is 2.34. The summed E-state index contributed by atoms with van der Waals surface area (Å²) in [6.07, 6.45) is 2.62. The highest BCUT2D eigenvalue weighted by atomic mass is 16.3. The summed E-state index contributed by atoms with van der Waals surface area (Å²) in [6.45, 7) is 0. The van der Waals surface area contributed by atoms with E-state index in [1.807, 2.05) is 42.5 Å². The molecule has 84 valence electrons. The van der Waals surface area contributed by atoms with Gasteiger partial charge in [-0.3, -0.25) is 0 Å². The molecule has 0 amide bonds. The van der Waals surface area contributed by atoms with Gasteiger partial charge in [-0.2, -0.15) is 5.10 Å². The van der Waals surface area contributed by atoms with Crippen molar-refractivity contribution >= 4 is 5.65 Å². The van der Waals surface area contributed by atoms with Gasteiger partial charge in [0, 0.05) is 6.20 Å². The van der Waals surface area contributed by atoms with Crippen LogP contribution in [-0.4, -0.2) is 19.7 Å². The van der Waals surface area contributed by atoms with E-state index in [0.29, 0.717) is 5.69 Å². The maximum absolute atomic E-state index is 10.3. The number of rotatable bonds is 2.